The van der Waals surface area contributed by atoms with Gasteiger partial charge in [-0.15, -0.1) is 0 Å². The smallest absolute Gasteiger partial charge is 0.288 e. The van der Waals surface area contributed by atoms with Gasteiger partial charge in [0.05, 0.1) is 17.8 Å². The maximum atomic E-state index is 10.9. The molecule has 2 heterocycles. The van der Waals surface area contributed by atoms with Crippen LogP contribution in [0.15, 0.2) is 71.6 Å². The summed E-state index contributed by atoms with van der Waals surface area (Å²) in [6, 6.07) is 14.1. The number of aliphatic hydroxyl groups excluding tert-OH is 1. The highest BCUT2D eigenvalue weighted by atomic mass is 35.5. The minimum absolute atomic E-state index is 0.0781. The van der Waals surface area contributed by atoms with Crippen LogP contribution in [0, 0.1) is 0 Å². The molecule has 132 valence electrons. The maximum Gasteiger partial charge on any atom is 0.288 e. The van der Waals surface area contributed by atoms with Crippen molar-refractivity contribution in [2.45, 2.75) is 6.54 Å². The van der Waals surface area contributed by atoms with Gasteiger partial charge in [0, 0.05) is 22.7 Å². The Bertz CT molecular complexity index is 941. The first-order valence-corrected chi connectivity index (χ1v) is 8.88. The highest BCUT2D eigenvalue weighted by Crippen LogP contribution is 2.28. The first kappa shape index (κ1) is 18.5. The van der Waals surface area contributed by atoms with Gasteiger partial charge in [-0.3, -0.25) is 0 Å². The van der Waals surface area contributed by atoms with E-state index >= 15 is 0 Å². The van der Waals surface area contributed by atoms with Gasteiger partial charge in [-0.1, -0.05) is 41.5 Å². The number of hydrogen-bond donors (Lipinski definition) is 2. The monoisotopic (exact) mass is 405 g/mol. The summed E-state index contributed by atoms with van der Waals surface area (Å²) in [6.07, 6.45) is 5.15. The van der Waals surface area contributed by atoms with Gasteiger partial charge >= 0.3 is 0 Å². The number of aliphatic hydroxyl groups is 1. The molecular formula is C19H15Cl2N2O2S+. The highest BCUT2D eigenvalue weighted by Gasteiger charge is 2.25. The number of halogens is 2. The van der Waals surface area contributed by atoms with Gasteiger partial charge in [-0.05, 0) is 30.3 Å². The Morgan fingerprint density at radius 2 is 1.88 bits per heavy atom. The number of rotatable bonds is 5. The number of nitrogens with zero attached hydrogens (tertiary/aromatic N) is 1. The van der Waals surface area contributed by atoms with Crippen molar-refractivity contribution in [2.24, 2.45) is 0 Å². The second kappa shape index (κ2) is 8.36. The topological polar surface area (TPSA) is 49.3 Å². The lowest BCUT2D eigenvalue weighted by Gasteiger charge is -2.10. The van der Waals surface area contributed by atoms with Crippen molar-refractivity contribution in [3.8, 4) is 0 Å². The number of aromatic nitrogens is 1. The minimum Gasteiger partial charge on any atom is -0.502 e. The van der Waals surface area contributed by atoms with E-state index in [4.69, 9.17) is 39.8 Å². The number of nitrogens with one attached hydrogen (secondary N) is 1. The van der Waals surface area contributed by atoms with Gasteiger partial charge in [0.1, 0.15) is 5.76 Å². The fraction of sp³-hybridized carbons (Fsp3) is 0.0526. The number of pyridine rings is 1. The molecule has 2 aromatic heterocycles. The van der Waals surface area contributed by atoms with E-state index in [1.54, 1.807) is 47.5 Å². The Morgan fingerprint density at radius 1 is 1.12 bits per heavy atom. The number of hydrogen-bond acceptors (Lipinski definition) is 3. The molecule has 3 rings (SSSR count). The number of benzene rings is 1. The second-order valence-electron chi connectivity index (χ2n) is 5.37. The first-order valence-electron chi connectivity index (χ1n) is 7.72. The molecule has 7 heteroatoms. The van der Waals surface area contributed by atoms with Gasteiger partial charge in [0.25, 0.3) is 5.70 Å². The molecule has 0 aliphatic rings. The van der Waals surface area contributed by atoms with E-state index < -0.39 is 0 Å². The Balaban J connectivity index is 2.02. The van der Waals surface area contributed by atoms with Crippen LogP contribution in [0.4, 0.5) is 0 Å². The normalized spacial score (nSPS) is 11.8. The number of furan rings is 1. The SMILES string of the molecule is O/C(=C(/C(=S)NCc1ccco1)[n+]1ccccc1)c1cc(Cl)ccc1Cl. The highest BCUT2D eigenvalue weighted by molar-refractivity contribution is 7.81. The molecular weight excluding hydrogens is 391 g/mol. The van der Waals surface area contributed by atoms with Crippen LogP contribution in [0.2, 0.25) is 10.0 Å². The fourth-order valence-electron chi connectivity index (χ4n) is 2.37. The van der Waals surface area contributed by atoms with Crippen molar-refractivity contribution in [3.63, 3.8) is 0 Å². The van der Waals surface area contributed by atoms with Crippen LogP contribution in [0.1, 0.15) is 11.3 Å². The average molecular weight is 406 g/mol. The lowest BCUT2D eigenvalue weighted by Crippen LogP contribution is -2.40. The summed E-state index contributed by atoms with van der Waals surface area (Å²) in [5.41, 5.74) is 0.781. The average Bonchev–Trinajstić information content (AvgIpc) is 3.16. The summed E-state index contributed by atoms with van der Waals surface area (Å²) in [5.74, 6) is 0.649. The van der Waals surface area contributed by atoms with E-state index in [9.17, 15) is 5.11 Å². The van der Waals surface area contributed by atoms with Gasteiger partial charge in [0.15, 0.2) is 17.4 Å². The zero-order valence-corrected chi connectivity index (χ0v) is 15.9. The van der Waals surface area contributed by atoms with E-state index in [1.165, 1.54) is 0 Å². The van der Waals surface area contributed by atoms with Crippen LogP contribution in [0.25, 0.3) is 11.5 Å². The number of thiocarbonyl (C=S) groups is 1. The van der Waals surface area contributed by atoms with Gasteiger partial charge in [-0.25, -0.2) is 0 Å². The molecule has 0 fully saturated rings. The van der Waals surface area contributed by atoms with Crippen LogP contribution >= 0.6 is 35.4 Å². The van der Waals surface area contributed by atoms with Gasteiger partial charge < -0.3 is 14.8 Å². The lowest BCUT2D eigenvalue weighted by atomic mass is 10.1. The van der Waals surface area contributed by atoms with Crippen LogP contribution in [-0.4, -0.2) is 10.1 Å². The zero-order chi connectivity index (χ0) is 18.5. The Labute approximate surface area is 166 Å². The van der Waals surface area contributed by atoms with Gasteiger partial charge in [0.2, 0.25) is 5.76 Å². The van der Waals surface area contributed by atoms with Crippen molar-refractivity contribution in [1.29, 1.82) is 0 Å². The summed E-state index contributed by atoms with van der Waals surface area (Å²) in [7, 11) is 0. The molecule has 0 spiro atoms. The molecule has 2 N–H and O–H groups in total. The Kier molecular flexibility index (Phi) is 5.93. The third-order valence-electron chi connectivity index (χ3n) is 3.60. The molecule has 0 aliphatic heterocycles. The largest absolute Gasteiger partial charge is 0.502 e. The van der Waals surface area contributed by atoms with Crippen LogP contribution < -0.4 is 9.88 Å². The lowest BCUT2D eigenvalue weighted by molar-refractivity contribution is -0.576. The maximum absolute atomic E-state index is 10.9. The third kappa shape index (κ3) is 4.25. The van der Waals surface area contributed by atoms with E-state index in [0.29, 0.717) is 32.8 Å². The molecule has 0 radical (unpaired) electrons. The summed E-state index contributed by atoms with van der Waals surface area (Å²) in [4.78, 5) is 0.339. The Hall–Kier alpha value is -2.34. The predicted octanol–water partition coefficient (Wildman–Crippen LogP) is 4.87. The summed E-state index contributed by atoms with van der Waals surface area (Å²) in [5, 5.41) is 14.9. The molecule has 26 heavy (non-hydrogen) atoms. The molecule has 3 aromatic rings. The fourth-order valence-corrected chi connectivity index (χ4v) is 3.02. The molecule has 0 unspecified atom stereocenters. The van der Waals surface area contributed by atoms with Crippen molar-refractivity contribution >= 4 is 51.9 Å². The molecule has 0 saturated heterocycles. The van der Waals surface area contributed by atoms with Crippen LogP contribution in [-0.2, 0) is 6.54 Å². The molecule has 0 saturated carbocycles. The molecule has 0 amide bonds. The first-order chi connectivity index (χ1) is 12.6. The predicted molar refractivity (Wildman–Crippen MR) is 107 cm³/mol. The summed E-state index contributed by atoms with van der Waals surface area (Å²) in [6.45, 7) is 0.388. The molecule has 0 bridgehead atoms. The molecule has 4 nitrogen and oxygen atoms in total. The van der Waals surface area contributed by atoms with Gasteiger partial charge in [-0.2, -0.15) is 4.57 Å². The Morgan fingerprint density at radius 3 is 2.58 bits per heavy atom. The van der Waals surface area contributed by atoms with E-state index in [0.717, 1.165) is 5.76 Å². The van der Waals surface area contributed by atoms with E-state index in [2.05, 4.69) is 5.32 Å². The van der Waals surface area contributed by atoms with E-state index in [-0.39, 0.29) is 5.76 Å². The van der Waals surface area contributed by atoms with Crippen molar-refractivity contribution in [3.05, 3.63) is 88.6 Å². The summed E-state index contributed by atoms with van der Waals surface area (Å²) >= 11 is 17.8. The molecule has 0 atom stereocenters. The van der Waals surface area contributed by atoms with Crippen molar-refractivity contribution in [1.82, 2.24) is 5.32 Å². The third-order valence-corrected chi connectivity index (χ3v) is 4.50. The zero-order valence-electron chi connectivity index (χ0n) is 13.5. The molecule has 1 aromatic carbocycles. The second-order valence-corrected chi connectivity index (χ2v) is 6.62. The van der Waals surface area contributed by atoms with Crippen LogP contribution in [0.5, 0.6) is 0 Å². The minimum atomic E-state index is -0.0781. The summed E-state index contributed by atoms with van der Waals surface area (Å²) < 4.78 is 7.02. The van der Waals surface area contributed by atoms with Crippen LogP contribution in [0.3, 0.4) is 0 Å². The quantitative estimate of drug-likeness (QED) is 0.275. The van der Waals surface area contributed by atoms with Crippen molar-refractivity contribution < 1.29 is 14.1 Å². The standard InChI is InChI=1S/C19H14Cl2N2O2S/c20-13-6-7-16(21)15(11-13)18(24)17(23-8-2-1-3-9-23)19(26)22-12-14-5-4-10-25-14/h1-11H,12H2,(H-,22,24,26)/p+1. The van der Waals surface area contributed by atoms with Crippen molar-refractivity contribution in [2.75, 3.05) is 0 Å². The molecule has 0 aliphatic carbocycles. The van der Waals surface area contributed by atoms with E-state index in [1.807, 2.05) is 24.3 Å².